The molecule has 0 N–H and O–H groups in total. The number of nitrogens with zero attached hydrogens (tertiary/aromatic N) is 1. The van der Waals surface area contributed by atoms with Crippen LogP contribution < -0.4 is 0 Å². The van der Waals surface area contributed by atoms with Crippen molar-refractivity contribution in [1.29, 1.82) is 0 Å². The summed E-state index contributed by atoms with van der Waals surface area (Å²) in [6, 6.07) is 0. The van der Waals surface area contributed by atoms with Gasteiger partial charge in [-0.05, 0) is 25.7 Å². The van der Waals surface area contributed by atoms with Crippen LogP contribution in [0.1, 0.15) is 32.1 Å². The third-order valence-corrected chi connectivity index (χ3v) is 5.23. The first-order valence-corrected chi connectivity index (χ1v) is 7.63. The Morgan fingerprint density at radius 2 is 1.50 bits per heavy atom. The third kappa shape index (κ3) is 3.71. The fraction of sp³-hybridized carbons (Fsp3) is 0.818. The Bertz CT molecular complexity index is 437. The van der Waals surface area contributed by atoms with Crippen molar-refractivity contribution in [3.63, 3.8) is 0 Å². The van der Waals surface area contributed by atoms with Crippen LogP contribution in [0.4, 0.5) is 13.2 Å². The highest BCUT2D eigenvalue weighted by Crippen LogP contribution is 2.36. The molecule has 0 amide bonds. The van der Waals surface area contributed by atoms with E-state index in [1.54, 1.807) is 0 Å². The Morgan fingerprint density at radius 3 is 1.94 bits per heavy atom. The van der Waals surface area contributed by atoms with Crippen molar-refractivity contribution in [3.05, 3.63) is 11.1 Å². The number of rotatable bonds is 3. The molecule has 0 aromatic heterocycles. The predicted molar refractivity (Wildman–Crippen MR) is 61.5 cm³/mol. The van der Waals surface area contributed by atoms with Crippen molar-refractivity contribution in [2.24, 2.45) is 0 Å². The summed E-state index contributed by atoms with van der Waals surface area (Å²) in [6.45, 7) is 0.665. The van der Waals surface area contributed by atoms with Crippen LogP contribution in [-0.2, 0) is 10.0 Å². The molecule has 1 aliphatic carbocycles. The van der Waals surface area contributed by atoms with Crippen molar-refractivity contribution in [1.82, 2.24) is 4.31 Å². The molecule has 0 aromatic carbocycles. The lowest BCUT2D eigenvalue weighted by Crippen LogP contribution is -2.38. The highest BCUT2D eigenvalue weighted by atomic mass is 32.2. The van der Waals surface area contributed by atoms with Crippen LogP contribution in [0.3, 0.4) is 0 Å². The van der Waals surface area contributed by atoms with Gasteiger partial charge in [0.05, 0.1) is 12.2 Å². The fourth-order valence-electron chi connectivity index (χ4n) is 2.18. The summed E-state index contributed by atoms with van der Waals surface area (Å²) in [4.78, 5) is 0. The molecule has 0 bridgehead atoms. The van der Waals surface area contributed by atoms with Crippen molar-refractivity contribution in [3.8, 4) is 0 Å². The molecule has 1 saturated carbocycles. The van der Waals surface area contributed by atoms with Gasteiger partial charge in [-0.1, -0.05) is 11.1 Å². The lowest BCUT2D eigenvalue weighted by molar-refractivity contribution is -0.130. The van der Waals surface area contributed by atoms with E-state index in [9.17, 15) is 21.6 Å². The van der Waals surface area contributed by atoms with E-state index in [2.05, 4.69) is 0 Å². The van der Waals surface area contributed by atoms with E-state index in [0.29, 0.717) is 25.9 Å². The van der Waals surface area contributed by atoms with Gasteiger partial charge in [-0.15, -0.1) is 0 Å². The van der Waals surface area contributed by atoms with Crippen molar-refractivity contribution >= 4 is 10.0 Å². The molecule has 1 aliphatic heterocycles. The topological polar surface area (TPSA) is 37.4 Å². The van der Waals surface area contributed by atoms with Gasteiger partial charge in [-0.25, -0.2) is 12.7 Å². The maximum atomic E-state index is 12.0. The van der Waals surface area contributed by atoms with Crippen LogP contribution in [0.2, 0.25) is 0 Å². The molecule has 0 radical (unpaired) electrons. The molecule has 7 heteroatoms. The average molecular weight is 283 g/mol. The zero-order valence-corrected chi connectivity index (χ0v) is 10.8. The third-order valence-electron chi connectivity index (χ3n) is 3.36. The molecule has 2 fully saturated rings. The minimum atomic E-state index is -4.41. The molecule has 104 valence electrons. The summed E-state index contributed by atoms with van der Waals surface area (Å²) >= 11 is 0. The van der Waals surface area contributed by atoms with E-state index < -0.39 is 28.4 Å². The van der Waals surface area contributed by atoms with Gasteiger partial charge in [-0.3, -0.25) is 0 Å². The van der Waals surface area contributed by atoms with E-state index >= 15 is 0 Å². The van der Waals surface area contributed by atoms with Gasteiger partial charge in [0.1, 0.15) is 0 Å². The number of hydrogen-bond acceptors (Lipinski definition) is 2. The zero-order chi connectivity index (χ0) is 13.4. The second kappa shape index (κ2) is 4.85. The van der Waals surface area contributed by atoms with Gasteiger partial charge in [0, 0.05) is 13.1 Å². The largest absolute Gasteiger partial charge is 0.390 e. The first-order valence-electron chi connectivity index (χ1n) is 6.02. The maximum Gasteiger partial charge on any atom is 0.390 e. The summed E-state index contributed by atoms with van der Waals surface area (Å²) in [6.07, 6.45) is -2.10. The summed E-state index contributed by atoms with van der Waals surface area (Å²) in [5.41, 5.74) is 2.74. The van der Waals surface area contributed by atoms with E-state index in [1.165, 1.54) is 15.5 Å². The lowest BCUT2D eigenvalue weighted by atomic mass is 10.1. The Balaban J connectivity index is 1.89. The summed E-state index contributed by atoms with van der Waals surface area (Å²) in [5.74, 6) is -0.831. The Kier molecular flexibility index (Phi) is 3.73. The molecule has 0 aromatic rings. The number of alkyl halides is 3. The lowest BCUT2D eigenvalue weighted by Gasteiger charge is -2.27. The van der Waals surface area contributed by atoms with Gasteiger partial charge in [0.15, 0.2) is 0 Å². The van der Waals surface area contributed by atoms with Crippen LogP contribution in [0.5, 0.6) is 0 Å². The van der Waals surface area contributed by atoms with E-state index in [4.69, 9.17) is 0 Å². The van der Waals surface area contributed by atoms with E-state index in [1.807, 2.05) is 0 Å². The first-order chi connectivity index (χ1) is 8.28. The highest BCUT2D eigenvalue weighted by Gasteiger charge is 2.33. The summed E-state index contributed by atoms with van der Waals surface area (Å²) in [5, 5.41) is 0. The van der Waals surface area contributed by atoms with Gasteiger partial charge in [-0.2, -0.15) is 13.2 Å². The molecule has 0 spiro atoms. The smallest absolute Gasteiger partial charge is 0.212 e. The fourth-order valence-corrected chi connectivity index (χ4v) is 3.66. The Hall–Kier alpha value is -0.560. The van der Waals surface area contributed by atoms with Crippen LogP contribution in [0, 0.1) is 0 Å². The van der Waals surface area contributed by atoms with Gasteiger partial charge >= 0.3 is 6.18 Å². The molecule has 3 nitrogen and oxygen atoms in total. The molecule has 1 saturated heterocycles. The van der Waals surface area contributed by atoms with E-state index in [-0.39, 0.29) is 0 Å². The number of sulfonamides is 1. The summed E-state index contributed by atoms with van der Waals surface area (Å²) in [7, 11) is -3.75. The van der Waals surface area contributed by atoms with Gasteiger partial charge in [0.25, 0.3) is 0 Å². The Morgan fingerprint density at radius 1 is 1.00 bits per heavy atom. The minimum absolute atomic E-state index is 0.332. The number of allylic oxidation sites excluding steroid dienone is 1. The Labute approximate surface area is 105 Å². The standard InChI is InChI=1S/C11H16F3NO2S/c12-11(13,14)5-8-18(16,17)15-6-3-10(4-7-15)9-1-2-9/h1-8H2. The van der Waals surface area contributed by atoms with Crippen LogP contribution in [-0.4, -0.2) is 37.7 Å². The highest BCUT2D eigenvalue weighted by molar-refractivity contribution is 7.89. The predicted octanol–water partition coefficient (Wildman–Crippen LogP) is 2.45. The molecule has 18 heavy (non-hydrogen) atoms. The molecule has 0 unspecified atom stereocenters. The molecule has 2 rings (SSSR count). The normalized spacial score (nSPS) is 22.4. The molecular weight excluding hydrogens is 267 g/mol. The monoisotopic (exact) mass is 283 g/mol. The van der Waals surface area contributed by atoms with Crippen LogP contribution >= 0.6 is 0 Å². The van der Waals surface area contributed by atoms with Crippen molar-refractivity contribution in [2.45, 2.75) is 38.3 Å². The summed E-state index contributed by atoms with van der Waals surface area (Å²) < 4.78 is 60.8. The molecule has 0 atom stereocenters. The molecule has 2 aliphatic rings. The van der Waals surface area contributed by atoms with Gasteiger partial charge in [0.2, 0.25) is 10.0 Å². The molecule has 1 heterocycles. The number of halogens is 3. The van der Waals surface area contributed by atoms with Gasteiger partial charge < -0.3 is 0 Å². The average Bonchev–Trinajstić information content (AvgIpc) is 3.10. The first kappa shape index (κ1) is 13.9. The minimum Gasteiger partial charge on any atom is -0.212 e. The second-order valence-corrected chi connectivity index (χ2v) is 6.88. The van der Waals surface area contributed by atoms with Crippen molar-refractivity contribution in [2.75, 3.05) is 18.8 Å². The zero-order valence-electron chi connectivity index (χ0n) is 9.96. The molecular formula is C11H16F3NO2S. The number of piperidine rings is 1. The SMILES string of the molecule is O=S(=O)(CCC(F)(F)F)N1CCC(=C2CC2)CC1. The second-order valence-electron chi connectivity index (χ2n) is 4.79. The van der Waals surface area contributed by atoms with Crippen molar-refractivity contribution < 1.29 is 21.6 Å². The number of hydrogen-bond donors (Lipinski definition) is 0. The van der Waals surface area contributed by atoms with Crippen LogP contribution in [0.25, 0.3) is 0 Å². The van der Waals surface area contributed by atoms with E-state index in [0.717, 1.165) is 12.8 Å². The van der Waals surface area contributed by atoms with Crippen LogP contribution in [0.15, 0.2) is 11.1 Å². The quantitative estimate of drug-likeness (QED) is 0.746. The maximum absolute atomic E-state index is 12.0.